The molecule has 25 heavy (non-hydrogen) atoms. The Kier molecular flexibility index (Phi) is 3.80. The van der Waals surface area contributed by atoms with E-state index in [1.54, 1.807) is 6.20 Å². The third-order valence-corrected chi connectivity index (χ3v) is 4.53. The Hall–Kier alpha value is -3.02. The Morgan fingerprint density at radius 1 is 1.12 bits per heavy atom. The van der Waals surface area contributed by atoms with Crippen molar-refractivity contribution in [1.29, 1.82) is 0 Å². The number of aromatic nitrogens is 3. The average Bonchev–Trinajstić information content (AvgIpc) is 3.23. The Labute approximate surface area is 145 Å². The maximum Gasteiger partial charge on any atom is 0.276 e. The molecule has 1 aliphatic heterocycles. The van der Waals surface area contributed by atoms with Gasteiger partial charge in [-0.2, -0.15) is 4.98 Å². The molecule has 4 rings (SSSR count). The van der Waals surface area contributed by atoms with Crippen molar-refractivity contribution in [2.75, 3.05) is 11.4 Å². The van der Waals surface area contributed by atoms with Crippen molar-refractivity contribution in [3.8, 4) is 11.6 Å². The number of amides is 1. The first-order valence-corrected chi connectivity index (χ1v) is 8.25. The summed E-state index contributed by atoms with van der Waals surface area (Å²) in [5, 5.41) is 4.08. The normalized spacial score (nSPS) is 17.3. The maximum absolute atomic E-state index is 12.6. The van der Waals surface area contributed by atoms with Crippen LogP contribution in [0.4, 0.5) is 5.69 Å². The number of aryl methyl sites for hydroxylation is 2. The average molecular weight is 334 g/mol. The Balaban J connectivity index is 1.60. The molecule has 1 fully saturated rings. The number of hydrogen-bond acceptors (Lipinski definition) is 5. The Morgan fingerprint density at radius 2 is 1.92 bits per heavy atom. The monoisotopic (exact) mass is 334 g/mol. The van der Waals surface area contributed by atoms with E-state index in [-0.39, 0.29) is 11.8 Å². The van der Waals surface area contributed by atoms with Crippen LogP contribution in [0.5, 0.6) is 0 Å². The van der Waals surface area contributed by atoms with Gasteiger partial charge < -0.3 is 9.42 Å². The summed E-state index contributed by atoms with van der Waals surface area (Å²) in [6, 6.07) is 11.6. The summed E-state index contributed by atoms with van der Waals surface area (Å²) < 4.78 is 5.33. The second-order valence-corrected chi connectivity index (χ2v) is 6.32. The van der Waals surface area contributed by atoms with Crippen LogP contribution in [-0.2, 0) is 4.79 Å². The van der Waals surface area contributed by atoms with E-state index in [1.807, 2.05) is 55.1 Å². The lowest BCUT2D eigenvalue weighted by atomic mass is 10.1. The van der Waals surface area contributed by atoms with Gasteiger partial charge >= 0.3 is 0 Å². The lowest BCUT2D eigenvalue weighted by molar-refractivity contribution is -0.117. The van der Waals surface area contributed by atoms with Crippen LogP contribution < -0.4 is 4.90 Å². The fourth-order valence-corrected chi connectivity index (χ4v) is 3.32. The molecule has 0 saturated carbocycles. The summed E-state index contributed by atoms with van der Waals surface area (Å²) in [6.45, 7) is 4.61. The number of benzene rings is 1. The predicted molar refractivity (Wildman–Crippen MR) is 93.2 cm³/mol. The van der Waals surface area contributed by atoms with Crippen LogP contribution in [0.25, 0.3) is 11.6 Å². The third-order valence-electron chi connectivity index (χ3n) is 4.53. The van der Waals surface area contributed by atoms with E-state index in [2.05, 4.69) is 15.1 Å². The number of anilines is 1. The molecule has 3 aromatic rings. The van der Waals surface area contributed by atoms with Crippen molar-refractivity contribution < 1.29 is 9.32 Å². The van der Waals surface area contributed by atoms with Crippen LogP contribution in [0.2, 0.25) is 0 Å². The molecule has 0 spiro atoms. The van der Waals surface area contributed by atoms with E-state index in [0.29, 0.717) is 30.4 Å². The van der Waals surface area contributed by atoms with Gasteiger partial charge in [-0.25, -0.2) is 0 Å². The van der Waals surface area contributed by atoms with Crippen molar-refractivity contribution in [3.63, 3.8) is 0 Å². The van der Waals surface area contributed by atoms with Crippen LogP contribution in [0.3, 0.4) is 0 Å². The van der Waals surface area contributed by atoms with Crippen LogP contribution in [0.1, 0.15) is 29.3 Å². The second kappa shape index (κ2) is 6.12. The fourth-order valence-electron chi connectivity index (χ4n) is 3.32. The highest BCUT2D eigenvalue weighted by Gasteiger charge is 2.35. The molecule has 2 aromatic heterocycles. The largest absolute Gasteiger partial charge is 0.332 e. The lowest BCUT2D eigenvalue weighted by Crippen LogP contribution is -2.26. The number of carbonyl (C=O) groups excluding carboxylic acids is 1. The Bertz CT molecular complexity index is 900. The van der Waals surface area contributed by atoms with Gasteiger partial charge in [-0.15, -0.1) is 0 Å². The maximum atomic E-state index is 12.6. The summed E-state index contributed by atoms with van der Waals surface area (Å²) in [4.78, 5) is 23.1. The van der Waals surface area contributed by atoms with Crippen molar-refractivity contribution in [2.24, 2.45) is 0 Å². The number of hydrogen-bond donors (Lipinski definition) is 0. The minimum Gasteiger partial charge on any atom is -0.332 e. The van der Waals surface area contributed by atoms with Crippen molar-refractivity contribution in [1.82, 2.24) is 15.1 Å². The number of rotatable bonds is 3. The minimum atomic E-state index is -0.0762. The number of nitrogens with zero attached hydrogens (tertiary/aromatic N) is 4. The molecule has 1 unspecified atom stereocenters. The lowest BCUT2D eigenvalue weighted by Gasteiger charge is -2.21. The van der Waals surface area contributed by atoms with E-state index in [1.165, 1.54) is 0 Å². The highest BCUT2D eigenvalue weighted by Crippen LogP contribution is 2.34. The number of para-hydroxylation sites is 1. The number of pyridine rings is 1. The van der Waals surface area contributed by atoms with Gasteiger partial charge in [0.2, 0.25) is 5.91 Å². The fraction of sp³-hybridized carbons (Fsp3) is 0.263. The molecular formula is C19H18N4O2. The molecule has 1 atom stereocenters. The molecule has 1 amide bonds. The molecule has 6 nitrogen and oxygen atoms in total. The molecule has 1 aromatic carbocycles. The van der Waals surface area contributed by atoms with Gasteiger partial charge in [0.15, 0.2) is 5.82 Å². The number of carbonyl (C=O) groups is 1. The van der Waals surface area contributed by atoms with Crippen molar-refractivity contribution in [2.45, 2.75) is 26.2 Å². The van der Waals surface area contributed by atoms with Crippen molar-refractivity contribution in [3.05, 3.63) is 59.5 Å². The summed E-state index contributed by atoms with van der Waals surface area (Å²) >= 11 is 0. The molecule has 1 aliphatic rings. The summed E-state index contributed by atoms with van der Waals surface area (Å²) in [6.07, 6.45) is 2.07. The van der Waals surface area contributed by atoms with E-state index in [0.717, 1.165) is 16.8 Å². The smallest absolute Gasteiger partial charge is 0.276 e. The SMILES string of the molecule is Cc1cccc(C)c1N1CC(c2noc(-c3ccccn3)n2)CC1=O. The first kappa shape index (κ1) is 15.5. The zero-order chi connectivity index (χ0) is 17.4. The molecule has 0 radical (unpaired) electrons. The van der Waals surface area contributed by atoms with Crippen molar-refractivity contribution >= 4 is 11.6 Å². The first-order chi connectivity index (χ1) is 12.1. The van der Waals surface area contributed by atoms with Gasteiger partial charge in [0, 0.05) is 30.8 Å². The molecule has 6 heteroatoms. The van der Waals surface area contributed by atoms with E-state index < -0.39 is 0 Å². The van der Waals surface area contributed by atoms with Gasteiger partial charge in [-0.05, 0) is 37.1 Å². The van der Waals surface area contributed by atoms with Gasteiger partial charge in [-0.3, -0.25) is 9.78 Å². The highest BCUT2D eigenvalue weighted by atomic mass is 16.5. The van der Waals surface area contributed by atoms with E-state index in [4.69, 9.17) is 4.52 Å². The summed E-state index contributed by atoms with van der Waals surface area (Å²) in [5.74, 6) is 0.954. The van der Waals surface area contributed by atoms with Gasteiger partial charge in [-0.1, -0.05) is 29.4 Å². The minimum absolute atomic E-state index is 0.0762. The van der Waals surface area contributed by atoms with E-state index >= 15 is 0 Å². The zero-order valence-corrected chi connectivity index (χ0v) is 14.1. The van der Waals surface area contributed by atoms with Gasteiger partial charge in [0.1, 0.15) is 5.69 Å². The molecule has 0 N–H and O–H groups in total. The quantitative estimate of drug-likeness (QED) is 0.735. The molecule has 0 aliphatic carbocycles. The van der Waals surface area contributed by atoms with Crippen LogP contribution >= 0.6 is 0 Å². The standard InChI is InChI=1S/C19H18N4O2/c1-12-6-5-7-13(2)17(12)23-11-14(10-16(23)24)18-21-19(25-22-18)15-8-3-4-9-20-15/h3-9,14H,10-11H2,1-2H3. The Morgan fingerprint density at radius 3 is 2.64 bits per heavy atom. The molecule has 1 saturated heterocycles. The molecular weight excluding hydrogens is 316 g/mol. The molecule has 3 heterocycles. The second-order valence-electron chi connectivity index (χ2n) is 6.32. The van der Waals surface area contributed by atoms with Gasteiger partial charge in [0.05, 0.1) is 0 Å². The molecule has 0 bridgehead atoms. The van der Waals surface area contributed by atoms with Crippen LogP contribution in [0, 0.1) is 13.8 Å². The summed E-state index contributed by atoms with van der Waals surface area (Å²) in [7, 11) is 0. The zero-order valence-electron chi connectivity index (χ0n) is 14.1. The molecule has 126 valence electrons. The first-order valence-electron chi connectivity index (χ1n) is 8.25. The van der Waals surface area contributed by atoms with E-state index in [9.17, 15) is 4.79 Å². The van der Waals surface area contributed by atoms with Crippen LogP contribution in [0.15, 0.2) is 47.1 Å². The van der Waals surface area contributed by atoms with Gasteiger partial charge in [0.25, 0.3) is 5.89 Å². The predicted octanol–water partition coefficient (Wildman–Crippen LogP) is 3.27. The highest BCUT2D eigenvalue weighted by molar-refractivity contribution is 5.97. The summed E-state index contributed by atoms with van der Waals surface area (Å²) in [5.41, 5.74) is 3.81. The van der Waals surface area contributed by atoms with Crippen LogP contribution in [-0.4, -0.2) is 27.6 Å². The topological polar surface area (TPSA) is 72.1 Å². The third kappa shape index (κ3) is 2.80.